The maximum Gasteiger partial charge on any atom is 0.288 e. The van der Waals surface area contributed by atoms with Gasteiger partial charge in [0.25, 0.3) is 5.91 Å². The van der Waals surface area contributed by atoms with E-state index in [9.17, 15) is 9.90 Å². The molecule has 36 heavy (non-hydrogen) atoms. The van der Waals surface area contributed by atoms with E-state index in [1.165, 1.54) is 34.2 Å². The van der Waals surface area contributed by atoms with Crippen LogP contribution in [0.25, 0.3) is 16.8 Å². The van der Waals surface area contributed by atoms with E-state index in [0.717, 1.165) is 31.6 Å². The molecular formula is C29H31N5O2. The fourth-order valence-electron chi connectivity index (χ4n) is 4.89. The molecule has 7 nitrogen and oxygen atoms in total. The lowest BCUT2D eigenvalue weighted by molar-refractivity contribution is 0.0990. The predicted molar refractivity (Wildman–Crippen MR) is 140 cm³/mol. The van der Waals surface area contributed by atoms with Crippen molar-refractivity contribution in [1.82, 2.24) is 19.7 Å². The van der Waals surface area contributed by atoms with Gasteiger partial charge in [0.05, 0.1) is 12.3 Å². The van der Waals surface area contributed by atoms with Gasteiger partial charge < -0.3 is 10.8 Å². The Morgan fingerprint density at radius 3 is 2.08 bits per heavy atom. The molecule has 1 atom stereocenters. The number of aromatic nitrogens is 3. The van der Waals surface area contributed by atoms with Crippen LogP contribution in [0.2, 0.25) is 0 Å². The zero-order valence-electron chi connectivity index (χ0n) is 20.5. The van der Waals surface area contributed by atoms with Crippen LogP contribution in [-0.2, 0) is 13.0 Å². The molecule has 3 N–H and O–H groups in total. The molecule has 1 amide bonds. The molecule has 0 spiro atoms. The Labute approximate surface area is 211 Å². The summed E-state index contributed by atoms with van der Waals surface area (Å²) in [5.41, 5.74) is 12.2. The van der Waals surface area contributed by atoms with E-state index in [0.29, 0.717) is 11.9 Å². The summed E-state index contributed by atoms with van der Waals surface area (Å²) < 4.78 is 1.63. The van der Waals surface area contributed by atoms with Gasteiger partial charge in [-0.3, -0.25) is 9.69 Å². The monoisotopic (exact) mass is 481 g/mol. The Balaban J connectivity index is 1.22. The Morgan fingerprint density at radius 1 is 0.944 bits per heavy atom. The van der Waals surface area contributed by atoms with Crippen molar-refractivity contribution >= 4 is 5.91 Å². The fraction of sp³-hybridized carbons (Fsp3) is 0.276. The number of aliphatic hydroxyl groups is 1. The van der Waals surface area contributed by atoms with Crippen molar-refractivity contribution in [2.24, 2.45) is 5.73 Å². The highest BCUT2D eigenvalue weighted by Crippen LogP contribution is 2.24. The van der Waals surface area contributed by atoms with Crippen LogP contribution < -0.4 is 5.73 Å². The summed E-state index contributed by atoms with van der Waals surface area (Å²) in [5, 5.41) is 13.7. The largest absolute Gasteiger partial charge is 0.395 e. The summed E-state index contributed by atoms with van der Waals surface area (Å²) in [7, 11) is 0. The summed E-state index contributed by atoms with van der Waals surface area (Å²) in [6.45, 7) is 4.00. The molecule has 1 aromatic heterocycles. The van der Waals surface area contributed by atoms with Crippen LogP contribution in [0, 0.1) is 6.92 Å². The smallest absolute Gasteiger partial charge is 0.288 e. The van der Waals surface area contributed by atoms with Gasteiger partial charge in [0.15, 0.2) is 0 Å². The van der Waals surface area contributed by atoms with E-state index in [1.54, 1.807) is 11.6 Å². The van der Waals surface area contributed by atoms with E-state index < -0.39 is 5.91 Å². The van der Waals surface area contributed by atoms with Crippen molar-refractivity contribution in [3.8, 4) is 16.8 Å². The van der Waals surface area contributed by atoms with E-state index in [4.69, 9.17) is 5.73 Å². The fourth-order valence-corrected chi connectivity index (χ4v) is 4.89. The van der Waals surface area contributed by atoms with E-state index in [1.807, 2.05) is 12.1 Å². The molecule has 0 unspecified atom stereocenters. The van der Waals surface area contributed by atoms with Crippen LogP contribution >= 0.6 is 0 Å². The molecule has 0 aliphatic carbocycles. The van der Waals surface area contributed by atoms with Gasteiger partial charge >= 0.3 is 0 Å². The average molecular weight is 482 g/mol. The number of nitrogens with two attached hydrogens (primary N) is 1. The van der Waals surface area contributed by atoms with Gasteiger partial charge in [0.2, 0.25) is 5.82 Å². The number of aliphatic hydroxyl groups excluding tert-OH is 1. The molecule has 0 radical (unpaired) electrons. The van der Waals surface area contributed by atoms with Crippen LogP contribution in [0.1, 0.15) is 46.0 Å². The standard InChI is InChI=1S/C29H31N5O2/c1-20-31-29(28(30)36)32-34(20)26-14-8-22(9-15-26)17-21-4-10-24(11-5-21)25-12-6-23(7-13-25)18-33-16-2-3-27(33)19-35/h4-15,27,35H,2-3,16-19H2,1H3,(H2,30,36)/t27-/m0/s1. The number of nitrogens with zero attached hydrogens (tertiary/aromatic N) is 4. The number of amides is 1. The number of carbonyl (C=O) groups is 1. The van der Waals surface area contributed by atoms with Gasteiger partial charge in [0.1, 0.15) is 5.82 Å². The number of carbonyl (C=O) groups excluding carboxylic acids is 1. The first-order valence-corrected chi connectivity index (χ1v) is 12.4. The Hall–Kier alpha value is -3.81. The lowest BCUT2D eigenvalue weighted by atomic mass is 9.99. The van der Waals surface area contributed by atoms with Gasteiger partial charge in [-0.15, -0.1) is 5.10 Å². The SMILES string of the molecule is Cc1nc(C(N)=O)nn1-c1ccc(Cc2ccc(-c3ccc(CN4CCC[C@H]4CO)cc3)cc2)cc1. The maximum absolute atomic E-state index is 11.3. The zero-order valence-corrected chi connectivity index (χ0v) is 20.5. The number of likely N-dealkylation sites (tertiary alicyclic amines) is 1. The first-order valence-electron chi connectivity index (χ1n) is 12.4. The third-order valence-corrected chi connectivity index (χ3v) is 6.92. The van der Waals surface area contributed by atoms with Gasteiger partial charge in [-0.1, -0.05) is 60.7 Å². The highest BCUT2D eigenvalue weighted by Gasteiger charge is 2.23. The molecule has 1 fully saturated rings. The zero-order chi connectivity index (χ0) is 25.1. The number of hydrogen-bond acceptors (Lipinski definition) is 5. The Bertz CT molecular complexity index is 1330. The highest BCUT2D eigenvalue weighted by atomic mass is 16.3. The van der Waals surface area contributed by atoms with Crippen molar-refractivity contribution in [1.29, 1.82) is 0 Å². The molecule has 0 bridgehead atoms. The number of aryl methyl sites for hydroxylation is 1. The number of primary amides is 1. The lowest BCUT2D eigenvalue weighted by Gasteiger charge is -2.22. The molecule has 0 saturated carbocycles. The topological polar surface area (TPSA) is 97.3 Å². The maximum atomic E-state index is 11.3. The normalized spacial score (nSPS) is 15.9. The molecule has 5 rings (SSSR count). The Morgan fingerprint density at radius 2 is 1.53 bits per heavy atom. The molecule has 7 heteroatoms. The van der Waals surface area contributed by atoms with Crippen molar-refractivity contribution in [3.63, 3.8) is 0 Å². The summed E-state index contributed by atoms with van der Waals surface area (Å²) in [4.78, 5) is 17.8. The predicted octanol–water partition coefficient (Wildman–Crippen LogP) is 3.89. The Kier molecular flexibility index (Phi) is 6.93. The summed E-state index contributed by atoms with van der Waals surface area (Å²) in [6.07, 6.45) is 3.08. The second kappa shape index (κ2) is 10.4. The van der Waals surface area contributed by atoms with Crippen LogP contribution in [0.3, 0.4) is 0 Å². The third-order valence-electron chi connectivity index (χ3n) is 6.92. The summed E-state index contributed by atoms with van der Waals surface area (Å²) in [6, 6.07) is 25.8. The minimum absolute atomic E-state index is 0.0215. The number of hydrogen-bond donors (Lipinski definition) is 2. The number of rotatable bonds is 8. The molecule has 1 aliphatic rings. The van der Waals surface area contributed by atoms with Gasteiger partial charge in [-0.05, 0) is 72.7 Å². The summed E-state index contributed by atoms with van der Waals surface area (Å²) >= 11 is 0. The molecule has 184 valence electrons. The molecule has 1 saturated heterocycles. The molecule has 4 aromatic rings. The highest BCUT2D eigenvalue weighted by molar-refractivity contribution is 5.88. The van der Waals surface area contributed by atoms with Crippen molar-refractivity contribution in [3.05, 3.63) is 101 Å². The van der Waals surface area contributed by atoms with E-state index in [2.05, 4.69) is 75.6 Å². The number of benzene rings is 3. The van der Waals surface area contributed by atoms with Crippen molar-refractivity contribution < 1.29 is 9.90 Å². The molecule has 2 heterocycles. The summed E-state index contributed by atoms with van der Waals surface area (Å²) in [5.74, 6) is 0.00457. The van der Waals surface area contributed by atoms with Crippen LogP contribution in [0.15, 0.2) is 72.8 Å². The van der Waals surface area contributed by atoms with E-state index >= 15 is 0 Å². The lowest BCUT2D eigenvalue weighted by Crippen LogP contribution is -2.31. The first-order chi connectivity index (χ1) is 17.5. The van der Waals surface area contributed by atoms with Crippen LogP contribution in [0.5, 0.6) is 0 Å². The second-order valence-corrected chi connectivity index (χ2v) is 9.44. The minimum atomic E-state index is -0.633. The quantitative estimate of drug-likeness (QED) is 0.398. The second-order valence-electron chi connectivity index (χ2n) is 9.44. The third kappa shape index (κ3) is 5.22. The van der Waals surface area contributed by atoms with Gasteiger partial charge in [0, 0.05) is 12.6 Å². The van der Waals surface area contributed by atoms with Crippen molar-refractivity contribution in [2.45, 2.75) is 38.8 Å². The molecular weight excluding hydrogens is 450 g/mol. The van der Waals surface area contributed by atoms with Gasteiger partial charge in [-0.2, -0.15) is 0 Å². The van der Waals surface area contributed by atoms with Crippen molar-refractivity contribution in [2.75, 3.05) is 13.2 Å². The van der Waals surface area contributed by atoms with E-state index in [-0.39, 0.29) is 12.4 Å². The van der Waals surface area contributed by atoms with Gasteiger partial charge in [-0.25, -0.2) is 9.67 Å². The molecule has 3 aromatic carbocycles. The molecule has 1 aliphatic heterocycles. The minimum Gasteiger partial charge on any atom is -0.395 e. The van der Waals surface area contributed by atoms with Crippen LogP contribution in [0.4, 0.5) is 0 Å². The van der Waals surface area contributed by atoms with Crippen LogP contribution in [-0.4, -0.2) is 49.9 Å². The first kappa shape index (κ1) is 23.9. The average Bonchev–Trinajstić information content (AvgIpc) is 3.52.